The van der Waals surface area contributed by atoms with Gasteiger partial charge in [0.1, 0.15) is 12.6 Å². The number of amides is 2. The van der Waals surface area contributed by atoms with Crippen molar-refractivity contribution < 1.29 is 18.0 Å². The van der Waals surface area contributed by atoms with E-state index in [1.165, 1.54) is 28.8 Å². The van der Waals surface area contributed by atoms with E-state index in [2.05, 4.69) is 5.32 Å². The minimum atomic E-state index is -4.13. The number of thioether (sulfide) groups is 1. The largest absolute Gasteiger partial charge is 0.352 e. The molecule has 0 unspecified atom stereocenters. The van der Waals surface area contributed by atoms with Gasteiger partial charge in [-0.25, -0.2) is 8.42 Å². The SMILES string of the molecule is CSc1ccc(S(=O)(=O)N(CC(=O)N(Cc2ccc(Cl)c(Cl)c2)[C@@H](C)C(=O)NC2CCCC2)c2ccc(C)cc2)cc1. The Morgan fingerprint density at radius 1 is 0.976 bits per heavy atom. The molecule has 4 rings (SSSR count). The van der Waals surface area contributed by atoms with Gasteiger partial charge in [-0.1, -0.05) is 59.8 Å². The van der Waals surface area contributed by atoms with Gasteiger partial charge in [-0.3, -0.25) is 13.9 Å². The Hall–Kier alpha value is -2.72. The maximum Gasteiger partial charge on any atom is 0.264 e. The molecule has 7 nitrogen and oxygen atoms in total. The Morgan fingerprint density at radius 3 is 2.21 bits per heavy atom. The maximum absolute atomic E-state index is 14.1. The van der Waals surface area contributed by atoms with E-state index >= 15 is 0 Å². The number of nitrogens with zero attached hydrogens (tertiary/aromatic N) is 2. The Kier molecular flexibility index (Phi) is 10.9. The summed E-state index contributed by atoms with van der Waals surface area (Å²) in [6, 6.07) is 17.7. The molecule has 1 fully saturated rings. The number of benzene rings is 3. The third kappa shape index (κ3) is 7.81. The summed E-state index contributed by atoms with van der Waals surface area (Å²) in [4.78, 5) is 29.8. The van der Waals surface area contributed by atoms with Gasteiger partial charge in [-0.05, 0) is 87.0 Å². The maximum atomic E-state index is 14.1. The number of hydrogen-bond acceptors (Lipinski definition) is 5. The molecule has 3 aromatic rings. The van der Waals surface area contributed by atoms with Gasteiger partial charge < -0.3 is 10.2 Å². The van der Waals surface area contributed by atoms with Crippen LogP contribution in [0.5, 0.6) is 0 Å². The van der Waals surface area contributed by atoms with Crippen LogP contribution in [0.4, 0.5) is 5.69 Å². The fraction of sp³-hybridized carbons (Fsp3) is 0.355. The summed E-state index contributed by atoms with van der Waals surface area (Å²) in [5.41, 5.74) is 1.96. The Labute approximate surface area is 262 Å². The summed E-state index contributed by atoms with van der Waals surface area (Å²) in [7, 11) is -4.13. The molecular formula is C31H35Cl2N3O4S2. The summed E-state index contributed by atoms with van der Waals surface area (Å²) >= 11 is 13.9. The highest BCUT2D eigenvalue weighted by Crippen LogP contribution is 2.28. The molecule has 0 saturated heterocycles. The lowest BCUT2D eigenvalue weighted by Crippen LogP contribution is -2.52. The van der Waals surface area contributed by atoms with E-state index in [1.807, 2.05) is 13.2 Å². The quantitative estimate of drug-likeness (QED) is 0.234. The van der Waals surface area contributed by atoms with Gasteiger partial charge >= 0.3 is 0 Å². The highest BCUT2D eigenvalue weighted by molar-refractivity contribution is 7.98. The molecular weight excluding hydrogens is 613 g/mol. The van der Waals surface area contributed by atoms with Gasteiger partial charge in [0.05, 0.1) is 20.6 Å². The van der Waals surface area contributed by atoms with E-state index in [1.54, 1.807) is 61.5 Å². The topological polar surface area (TPSA) is 86.8 Å². The summed E-state index contributed by atoms with van der Waals surface area (Å²) in [5.74, 6) is -0.812. The van der Waals surface area contributed by atoms with E-state index in [0.29, 0.717) is 21.3 Å². The molecule has 1 N–H and O–H groups in total. The van der Waals surface area contributed by atoms with Gasteiger partial charge in [-0.2, -0.15) is 0 Å². The lowest BCUT2D eigenvalue weighted by molar-refractivity contribution is -0.139. The normalized spacial score (nSPS) is 14.4. The minimum absolute atomic E-state index is 0.0409. The Bertz CT molecular complexity index is 1510. The number of nitrogens with one attached hydrogen (secondary N) is 1. The molecule has 0 heterocycles. The molecule has 0 aromatic heterocycles. The van der Waals surface area contributed by atoms with Crippen LogP contribution in [0.2, 0.25) is 10.0 Å². The van der Waals surface area contributed by atoms with Crippen LogP contribution in [0, 0.1) is 6.92 Å². The van der Waals surface area contributed by atoms with Crippen molar-refractivity contribution in [2.24, 2.45) is 0 Å². The standard InChI is InChI=1S/C31H35Cl2N3O4S2/c1-21-8-11-25(12-9-21)36(42(39,40)27-15-13-26(41-3)14-16-27)20-30(37)35(19-23-10-17-28(32)29(33)18-23)22(2)31(38)34-24-6-4-5-7-24/h8-18,22,24H,4-7,19-20H2,1-3H3,(H,34,38)/t22-/m0/s1. The van der Waals surface area contributed by atoms with Crippen molar-refractivity contribution in [2.45, 2.75) is 68.0 Å². The van der Waals surface area contributed by atoms with E-state index < -0.39 is 28.5 Å². The molecule has 224 valence electrons. The van der Waals surface area contributed by atoms with Crippen molar-refractivity contribution in [1.29, 1.82) is 0 Å². The Morgan fingerprint density at radius 2 is 1.62 bits per heavy atom. The molecule has 0 aliphatic heterocycles. The number of aryl methyl sites for hydroxylation is 1. The average molecular weight is 649 g/mol. The van der Waals surface area contributed by atoms with Crippen LogP contribution in [0.1, 0.15) is 43.7 Å². The first-order valence-corrected chi connectivity index (χ1v) is 17.2. The van der Waals surface area contributed by atoms with E-state index in [-0.39, 0.29) is 23.4 Å². The lowest BCUT2D eigenvalue weighted by Gasteiger charge is -2.32. The number of hydrogen-bond donors (Lipinski definition) is 1. The van der Waals surface area contributed by atoms with Crippen molar-refractivity contribution in [3.8, 4) is 0 Å². The van der Waals surface area contributed by atoms with Crippen LogP contribution >= 0.6 is 35.0 Å². The van der Waals surface area contributed by atoms with Crippen molar-refractivity contribution in [2.75, 3.05) is 17.1 Å². The highest BCUT2D eigenvalue weighted by atomic mass is 35.5. The zero-order chi connectivity index (χ0) is 30.4. The number of carbonyl (C=O) groups is 2. The van der Waals surface area contributed by atoms with Gasteiger partial charge in [-0.15, -0.1) is 11.8 Å². The zero-order valence-electron chi connectivity index (χ0n) is 23.8. The molecule has 11 heteroatoms. The minimum Gasteiger partial charge on any atom is -0.352 e. The number of anilines is 1. The van der Waals surface area contributed by atoms with Gasteiger partial charge in [0.25, 0.3) is 10.0 Å². The fourth-order valence-corrected chi connectivity index (χ4v) is 7.07. The first-order valence-electron chi connectivity index (χ1n) is 13.8. The second-order valence-corrected chi connectivity index (χ2v) is 14.0. The van der Waals surface area contributed by atoms with E-state index in [9.17, 15) is 18.0 Å². The lowest BCUT2D eigenvalue weighted by atomic mass is 10.1. The summed E-state index contributed by atoms with van der Waals surface area (Å²) in [6.45, 7) is 3.10. The summed E-state index contributed by atoms with van der Waals surface area (Å²) in [6.07, 6.45) is 5.80. The van der Waals surface area contributed by atoms with Crippen LogP contribution in [0.25, 0.3) is 0 Å². The molecule has 0 spiro atoms. The molecule has 1 atom stereocenters. The molecule has 0 bridgehead atoms. The molecule has 2 amide bonds. The van der Waals surface area contributed by atoms with Crippen LogP contribution in [-0.2, 0) is 26.2 Å². The van der Waals surface area contributed by atoms with Crippen LogP contribution < -0.4 is 9.62 Å². The first-order chi connectivity index (χ1) is 20.0. The van der Waals surface area contributed by atoms with Crippen molar-refractivity contribution >= 4 is 62.5 Å². The second-order valence-electron chi connectivity index (χ2n) is 10.5. The van der Waals surface area contributed by atoms with E-state index in [4.69, 9.17) is 23.2 Å². The Balaban J connectivity index is 1.69. The molecule has 3 aromatic carbocycles. The van der Waals surface area contributed by atoms with Gasteiger partial charge in [0.15, 0.2) is 0 Å². The number of halogens is 2. The first kappa shape index (κ1) is 32.2. The van der Waals surface area contributed by atoms with Crippen LogP contribution in [0.3, 0.4) is 0 Å². The molecule has 1 saturated carbocycles. The van der Waals surface area contributed by atoms with Crippen LogP contribution in [0.15, 0.2) is 76.5 Å². The van der Waals surface area contributed by atoms with Crippen molar-refractivity contribution in [3.63, 3.8) is 0 Å². The molecule has 42 heavy (non-hydrogen) atoms. The number of rotatable bonds is 11. The van der Waals surface area contributed by atoms with E-state index in [0.717, 1.165) is 40.4 Å². The third-order valence-corrected chi connectivity index (χ3v) is 10.7. The predicted molar refractivity (Wildman–Crippen MR) is 171 cm³/mol. The highest BCUT2D eigenvalue weighted by Gasteiger charge is 2.33. The summed E-state index contributed by atoms with van der Waals surface area (Å²) < 4.78 is 29.1. The number of carbonyl (C=O) groups excluding carboxylic acids is 2. The zero-order valence-corrected chi connectivity index (χ0v) is 27.0. The van der Waals surface area contributed by atoms with Gasteiger partial charge in [0, 0.05) is 17.5 Å². The monoisotopic (exact) mass is 647 g/mol. The fourth-order valence-electron chi connectivity index (χ4n) is 4.92. The molecule has 1 aliphatic carbocycles. The number of sulfonamides is 1. The average Bonchev–Trinajstić information content (AvgIpc) is 3.49. The third-order valence-electron chi connectivity index (χ3n) is 7.45. The second kappa shape index (κ2) is 14.2. The van der Waals surface area contributed by atoms with Crippen molar-refractivity contribution in [3.05, 3.63) is 87.9 Å². The predicted octanol–water partition coefficient (Wildman–Crippen LogP) is 6.70. The van der Waals surface area contributed by atoms with Crippen LogP contribution in [-0.4, -0.2) is 50.0 Å². The summed E-state index contributed by atoms with van der Waals surface area (Å²) in [5, 5.41) is 3.76. The smallest absolute Gasteiger partial charge is 0.264 e. The molecule has 0 radical (unpaired) electrons. The van der Waals surface area contributed by atoms with Gasteiger partial charge in [0.2, 0.25) is 11.8 Å². The molecule has 1 aliphatic rings. The van der Waals surface area contributed by atoms with Crippen molar-refractivity contribution in [1.82, 2.24) is 10.2 Å².